The number of nitrogens with one attached hydrogen (secondary N) is 4. The normalized spacial score (nSPS) is 9.93. The van der Waals surface area contributed by atoms with E-state index in [1.54, 1.807) is 48.5 Å². The molecule has 0 aliphatic heterocycles. The third-order valence-corrected chi connectivity index (χ3v) is 4.09. The van der Waals surface area contributed by atoms with Crippen molar-refractivity contribution in [1.82, 2.24) is 16.2 Å². The molecule has 4 N–H and O–H groups in total. The summed E-state index contributed by atoms with van der Waals surface area (Å²) in [5.74, 6) is -0.562. The topological polar surface area (TPSA) is 109 Å². The molecule has 8 nitrogen and oxygen atoms in total. The summed E-state index contributed by atoms with van der Waals surface area (Å²) in [4.78, 5) is 35.6. The monoisotopic (exact) mass is 448 g/mol. The van der Waals surface area contributed by atoms with Crippen LogP contribution in [0.15, 0.2) is 48.5 Å². The molecular weight excluding hydrogens is 428 g/mol. The minimum atomic E-state index is -0.496. The Morgan fingerprint density at radius 3 is 2.27 bits per heavy atom. The number of rotatable bonds is 7. The molecule has 0 saturated heterocycles. The van der Waals surface area contributed by atoms with Crippen LogP contribution in [0.3, 0.4) is 0 Å². The summed E-state index contributed by atoms with van der Waals surface area (Å²) in [5, 5.41) is 5.59. The third-order valence-electron chi connectivity index (χ3n) is 3.63. The zero-order valence-corrected chi connectivity index (χ0v) is 17.7. The lowest BCUT2D eigenvalue weighted by Crippen LogP contribution is -2.49. The van der Waals surface area contributed by atoms with Crippen molar-refractivity contribution in [2.75, 3.05) is 11.9 Å². The van der Waals surface area contributed by atoms with Crippen molar-refractivity contribution >= 4 is 52.3 Å². The molecule has 0 radical (unpaired) electrons. The molecule has 0 aromatic heterocycles. The van der Waals surface area contributed by atoms with E-state index in [4.69, 9.17) is 28.6 Å². The number of hydrogen-bond donors (Lipinski definition) is 4. The van der Waals surface area contributed by atoms with E-state index >= 15 is 0 Å². The van der Waals surface area contributed by atoms with Crippen LogP contribution in [0.25, 0.3) is 0 Å². The molecule has 0 spiro atoms. The van der Waals surface area contributed by atoms with E-state index in [1.807, 2.05) is 6.92 Å². The van der Waals surface area contributed by atoms with Crippen LogP contribution in [0.5, 0.6) is 5.75 Å². The number of halogens is 1. The number of ether oxygens (including phenoxy) is 1. The quantitative estimate of drug-likeness (QED) is 0.383. The van der Waals surface area contributed by atoms with E-state index in [0.717, 1.165) is 6.42 Å². The average molecular weight is 449 g/mol. The Kier molecular flexibility index (Phi) is 9.04. The molecule has 0 aliphatic rings. The Balaban J connectivity index is 1.72. The Bertz CT molecular complexity index is 904. The Hall–Kier alpha value is -3.17. The van der Waals surface area contributed by atoms with Gasteiger partial charge in [-0.1, -0.05) is 18.5 Å². The van der Waals surface area contributed by atoms with Crippen molar-refractivity contribution < 1.29 is 19.1 Å². The standard InChI is InChI=1S/C20H21ClN4O4S/c1-2-3-17(26)22-15-8-4-13(5-9-15)19(28)24-25-20(30)23-18(27)12-29-16-10-6-14(21)7-11-16/h4-11H,2-3,12H2,1H3,(H,22,26)(H,24,28)(H2,23,25,27,30). The first-order valence-electron chi connectivity index (χ1n) is 9.06. The molecular formula is C20H21ClN4O4S. The Labute approximate surface area is 184 Å². The highest BCUT2D eigenvalue weighted by Crippen LogP contribution is 2.15. The number of anilines is 1. The summed E-state index contributed by atoms with van der Waals surface area (Å²) in [6.45, 7) is 1.65. The molecule has 0 aliphatic carbocycles. The van der Waals surface area contributed by atoms with E-state index in [-0.39, 0.29) is 17.6 Å². The zero-order valence-electron chi connectivity index (χ0n) is 16.2. The summed E-state index contributed by atoms with van der Waals surface area (Å²) in [5.41, 5.74) is 5.76. The maximum absolute atomic E-state index is 12.1. The van der Waals surface area contributed by atoms with Crippen LogP contribution in [-0.4, -0.2) is 29.4 Å². The highest BCUT2D eigenvalue weighted by Gasteiger charge is 2.09. The van der Waals surface area contributed by atoms with Crippen molar-refractivity contribution in [3.05, 3.63) is 59.1 Å². The van der Waals surface area contributed by atoms with Gasteiger partial charge in [-0.25, -0.2) is 0 Å². The lowest BCUT2D eigenvalue weighted by molar-refractivity contribution is -0.121. The van der Waals surface area contributed by atoms with Crippen molar-refractivity contribution in [2.24, 2.45) is 0 Å². The van der Waals surface area contributed by atoms with Crippen LogP contribution in [0.1, 0.15) is 30.1 Å². The van der Waals surface area contributed by atoms with Crippen LogP contribution >= 0.6 is 23.8 Å². The molecule has 10 heteroatoms. The highest BCUT2D eigenvalue weighted by molar-refractivity contribution is 7.80. The fourth-order valence-corrected chi connectivity index (χ4v) is 2.51. The van der Waals surface area contributed by atoms with Gasteiger partial charge in [-0.05, 0) is 67.2 Å². The molecule has 0 atom stereocenters. The molecule has 0 heterocycles. The lowest BCUT2D eigenvalue weighted by Gasteiger charge is -2.12. The summed E-state index contributed by atoms with van der Waals surface area (Å²) in [6.07, 6.45) is 1.18. The van der Waals surface area contributed by atoms with Crippen LogP contribution in [-0.2, 0) is 9.59 Å². The van der Waals surface area contributed by atoms with Gasteiger partial charge < -0.3 is 10.1 Å². The number of hydrogen-bond acceptors (Lipinski definition) is 5. The smallest absolute Gasteiger partial charge is 0.269 e. The number of thiocarbonyl (C=S) groups is 1. The second-order valence-corrected chi connectivity index (χ2v) is 6.92. The van der Waals surface area contributed by atoms with Crippen LogP contribution in [0.4, 0.5) is 5.69 Å². The Morgan fingerprint density at radius 1 is 0.967 bits per heavy atom. The molecule has 3 amide bonds. The molecule has 30 heavy (non-hydrogen) atoms. The molecule has 0 fully saturated rings. The minimum Gasteiger partial charge on any atom is -0.484 e. The fraction of sp³-hybridized carbons (Fsp3) is 0.200. The molecule has 2 rings (SSSR count). The van der Waals surface area contributed by atoms with Crippen molar-refractivity contribution in [3.63, 3.8) is 0 Å². The first kappa shape index (κ1) is 23.1. The predicted molar refractivity (Wildman–Crippen MR) is 118 cm³/mol. The van der Waals surface area contributed by atoms with E-state index in [1.165, 1.54) is 0 Å². The van der Waals surface area contributed by atoms with Crippen molar-refractivity contribution in [1.29, 1.82) is 0 Å². The van der Waals surface area contributed by atoms with E-state index < -0.39 is 11.8 Å². The summed E-state index contributed by atoms with van der Waals surface area (Å²) < 4.78 is 5.30. The molecule has 2 aromatic carbocycles. The first-order valence-corrected chi connectivity index (χ1v) is 9.84. The van der Waals surface area contributed by atoms with Gasteiger partial charge in [-0.2, -0.15) is 0 Å². The van der Waals surface area contributed by atoms with Crippen LogP contribution < -0.4 is 26.2 Å². The van der Waals surface area contributed by atoms with E-state index in [9.17, 15) is 14.4 Å². The fourth-order valence-electron chi connectivity index (χ4n) is 2.21. The van der Waals surface area contributed by atoms with Crippen LogP contribution in [0, 0.1) is 0 Å². The van der Waals surface area contributed by atoms with Gasteiger partial charge in [0.2, 0.25) is 5.91 Å². The Morgan fingerprint density at radius 2 is 1.63 bits per heavy atom. The number of carbonyl (C=O) groups excluding carboxylic acids is 3. The minimum absolute atomic E-state index is 0.0856. The van der Waals surface area contributed by atoms with Crippen LogP contribution in [0.2, 0.25) is 5.02 Å². The van der Waals surface area contributed by atoms with E-state index in [2.05, 4.69) is 21.5 Å². The number of benzene rings is 2. The molecule has 0 unspecified atom stereocenters. The van der Waals surface area contributed by atoms with Gasteiger partial charge in [-0.3, -0.25) is 30.6 Å². The van der Waals surface area contributed by atoms with Gasteiger partial charge in [0.1, 0.15) is 5.75 Å². The van der Waals surface area contributed by atoms with Gasteiger partial charge in [0.25, 0.3) is 11.8 Å². The number of hydrazine groups is 1. The average Bonchev–Trinajstić information content (AvgIpc) is 2.72. The maximum Gasteiger partial charge on any atom is 0.269 e. The highest BCUT2D eigenvalue weighted by atomic mass is 35.5. The van der Waals surface area contributed by atoms with Gasteiger partial charge in [0.15, 0.2) is 11.7 Å². The lowest BCUT2D eigenvalue weighted by atomic mass is 10.2. The largest absolute Gasteiger partial charge is 0.484 e. The SMILES string of the molecule is CCCC(=O)Nc1ccc(C(=O)NNC(=S)NC(=O)COc2ccc(Cl)cc2)cc1. The number of carbonyl (C=O) groups is 3. The van der Waals surface area contributed by atoms with Crippen molar-refractivity contribution in [3.8, 4) is 5.75 Å². The third kappa shape index (κ3) is 8.06. The van der Waals surface area contributed by atoms with Gasteiger partial charge in [0.05, 0.1) is 0 Å². The van der Waals surface area contributed by atoms with Gasteiger partial charge in [-0.15, -0.1) is 0 Å². The zero-order chi connectivity index (χ0) is 21.9. The number of amides is 3. The summed E-state index contributed by atoms with van der Waals surface area (Å²) >= 11 is 10.7. The molecule has 0 bridgehead atoms. The second-order valence-electron chi connectivity index (χ2n) is 6.07. The first-order chi connectivity index (χ1) is 14.4. The summed E-state index contributed by atoms with van der Waals surface area (Å²) in [6, 6.07) is 12.9. The molecule has 2 aromatic rings. The maximum atomic E-state index is 12.1. The predicted octanol–water partition coefficient (Wildman–Crippen LogP) is 2.79. The van der Waals surface area contributed by atoms with Gasteiger partial charge in [0, 0.05) is 22.7 Å². The molecule has 158 valence electrons. The summed E-state index contributed by atoms with van der Waals surface area (Å²) in [7, 11) is 0. The van der Waals surface area contributed by atoms with Crippen molar-refractivity contribution in [2.45, 2.75) is 19.8 Å². The molecule has 0 saturated carbocycles. The van der Waals surface area contributed by atoms with E-state index in [0.29, 0.717) is 28.4 Å². The second kappa shape index (κ2) is 11.7. The van der Waals surface area contributed by atoms with Gasteiger partial charge >= 0.3 is 0 Å².